The molecule has 0 atom stereocenters. The van der Waals surface area contributed by atoms with Gasteiger partial charge in [0.05, 0.1) is 12.9 Å². The zero-order chi connectivity index (χ0) is 12.7. The molecule has 6 heteroatoms. The number of nitrogens with one attached hydrogen (secondary N) is 2. The molecule has 2 amide bonds. The first-order valence-electron chi connectivity index (χ1n) is 4.94. The molecular formula is C11H14N2O3S. The third kappa shape index (κ3) is 4.78. The van der Waals surface area contributed by atoms with Crippen LogP contribution in [0.3, 0.4) is 0 Å². The number of carbonyl (C=O) groups excluding carboxylic acids is 2. The largest absolute Gasteiger partial charge is 0.497 e. The molecule has 92 valence electrons. The fraction of sp³-hybridized carbons (Fsp3) is 0.273. The number of hydrogen-bond acceptors (Lipinski definition) is 4. The van der Waals surface area contributed by atoms with Crippen LogP contribution in [0.15, 0.2) is 24.3 Å². The number of methoxy groups -OCH3 is 1. The molecule has 0 bridgehead atoms. The van der Waals surface area contributed by atoms with Crippen molar-refractivity contribution in [2.75, 3.05) is 25.2 Å². The van der Waals surface area contributed by atoms with Crippen molar-refractivity contribution in [3.8, 4) is 5.75 Å². The van der Waals surface area contributed by atoms with Crippen molar-refractivity contribution in [3.05, 3.63) is 24.3 Å². The van der Waals surface area contributed by atoms with E-state index in [0.717, 1.165) is 17.5 Å². The molecule has 0 aliphatic heterocycles. The number of thioether (sulfide) groups is 1. The van der Waals surface area contributed by atoms with E-state index in [1.165, 1.54) is 7.05 Å². The van der Waals surface area contributed by atoms with Crippen molar-refractivity contribution in [3.63, 3.8) is 0 Å². The molecule has 1 aromatic carbocycles. The number of ether oxygens (including phenoxy) is 1. The first-order chi connectivity index (χ1) is 8.15. The molecule has 0 unspecified atom stereocenters. The summed E-state index contributed by atoms with van der Waals surface area (Å²) in [4.78, 5) is 22.4. The smallest absolute Gasteiger partial charge is 0.283 e. The van der Waals surface area contributed by atoms with Gasteiger partial charge >= 0.3 is 0 Å². The van der Waals surface area contributed by atoms with Crippen LogP contribution < -0.4 is 15.4 Å². The van der Waals surface area contributed by atoms with Crippen molar-refractivity contribution < 1.29 is 14.3 Å². The SMILES string of the molecule is CNC(=O)CSC(=O)Nc1ccc(OC)cc1. The van der Waals surface area contributed by atoms with Crippen molar-refractivity contribution in [1.82, 2.24) is 5.32 Å². The lowest BCUT2D eigenvalue weighted by Gasteiger charge is -2.05. The first kappa shape index (κ1) is 13.4. The highest BCUT2D eigenvalue weighted by Gasteiger charge is 2.06. The summed E-state index contributed by atoms with van der Waals surface area (Å²) >= 11 is 0.921. The third-order valence-corrected chi connectivity index (χ3v) is 2.72. The minimum Gasteiger partial charge on any atom is -0.497 e. The number of rotatable bonds is 4. The number of hydrogen-bond donors (Lipinski definition) is 2. The minimum atomic E-state index is -0.265. The molecule has 0 aliphatic rings. The Hall–Kier alpha value is -1.69. The van der Waals surface area contributed by atoms with E-state index in [1.54, 1.807) is 31.4 Å². The zero-order valence-electron chi connectivity index (χ0n) is 9.65. The van der Waals surface area contributed by atoms with Gasteiger partial charge < -0.3 is 15.4 Å². The fourth-order valence-electron chi connectivity index (χ4n) is 1.03. The highest BCUT2D eigenvalue weighted by atomic mass is 32.2. The van der Waals surface area contributed by atoms with E-state index in [2.05, 4.69) is 10.6 Å². The van der Waals surface area contributed by atoms with Crippen LogP contribution in [0.2, 0.25) is 0 Å². The Kier molecular flexibility index (Phi) is 5.35. The van der Waals surface area contributed by atoms with E-state index < -0.39 is 0 Å². The summed E-state index contributed by atoms with van der Waals surface area (Å²) in [6, 6.07) is 6.96. The van der Waals surface area contributed by atoms with Gasteiger partial charge in [-0.3, -0.25) is 9.59 Å². The Balaban J connectivity index is 2.42. The number of amides is 2. The van der Waals surface area contributed by atoms with Crippen LogP contribution in [0.5, 0.6) is 5.75 Å². The molecule has 0 saturated carbocycles. The second-order valence-electron chi connectivity index (χ2n) is 3.10. The summed E-state index contributed by atoms with van der Waals surface area (Å²) in [5.74, 6) is 0.652. The maximum absolute atomic E-state index is 11.4. The van der Waals surface area contributed by atoms with Crippen LogP contribution in [0.4, 0.5) is 10.5 Å². The van der Waals surface area contributed by atoms with Crippen LogP contribution in [0, 0.1) is 0 Å². The lowest BCUT2D eigenvalue weighted by Crippen LogP contribution is -2.21. The predicted octanol–water partition coefficient (Wildman–Crippen LogP) is 1.71. The number of carbonyl (C=O) groups is 2. The average molecular weight is 254 g/mol. The second-order valence-corrected chi connectivity index (χ2v) is 4.05. The Labute approximate surface area is 104 Å². The molecule has 17 heavy (non-hydrogen) atoms. The summed E-state index contributed by atoms with van der Waals surface area (Å²) in [6.07, 6.45) is 0. The zero-order valence-corrected chi connectivity index (χ0v) is 10.5. The molecule has 0 fully saturated rings. The van der Waals surface area contributed by atoms with Gasteiger partial charge in [0.2, 0.25) is 5.91 Å². The highest BCUT2D eigenvalue weighted by molar-refractivity contribution is 8.14. The predicted molar refractivity (Wildman–Crippen MR) is 68.5 cm³/mol. The van der Waals surface area contributed by atoms with Gasteiger partial charge in [0, 0.05) is 12.7 Å². The molecule has 0 aliphatic carbocycles. The van der Waals surface area contributed by atoms with Gasteiger partial charge in [-0.1, -0.05) is 11.8 Å². The molecule has 0 radical (unpaired) electrons. The summed E-state index contributed by atoms with van der Waals surface area (Å²) in [5, 5.41) is 4.84. The summed E-state index contributed by atoms with van der Waals surface area (Å²) in [7, 11) is 3.11. The van der Waals surface area contributed by atoms with Gasteiger partial charge in [0.1, 0.15) is 5.75 Å². The van der Waals surface area contributed by atoms with Gasteiger partial charge in [-0.05, 0) is 24.3 Å². The molecule has 2 N–H and O–H groups in total. The molecule has 5 nitrogen and oxygen atoms in total. The van der Waals surface area contributed by atoms with Crippen LogP contribution >= 0.6 is 11.8 Å². The van der Waals surface area contributed by atoms with Crippen molar-refractivity contribution >= 4 is 28.6 Å². The standard InChI is InChI=1S/C11H14N2O3S/c1-12-10(14)7-17-11(15)13-8-3-5-9(16-2)6-4-8/h3-6H,7H2,1-2H3,(H,12,14)(H,13,15). The monoisotopic (exact) mass is 254 g/mol. The van der Waals surface area contributed by atoms with Crippen LogP contribution in [0.25, 0.3) is 0 Å². The molecular weight excluding hydrogens is 240 g/mol. The Bertz CT molecular complexity index is 392. The summed E-state index contributed by atoms with van der Waals surface area (Å²) in [6.45, 7) is 0. The van der Waals surface area contributed by atoms with Crippen molar-refractivity contribution in [2.45, 2.75) is 0 Å². The van der Waals surface area contributed by atoms with E-state index in [-0.39, 0.29) is 16.9 Å². The molecule has 1 aromatic rings. The fourth-order valence-corrected chi connectivity index (χ4v) is 1.63. The van der Waals surface area contributed by atoms with Crippen molar-refractivity contribution in [1.29, 1.82) is 0 Å². The normalized spacial score (nSPS) is 9.53. The highest BCUT2D eigenvalue weighted by Crippen LogP contribution is 2.16. The van der Waals surface area contributed by atoms with Gasteiger partial charge in [0.15, 0.2) is 0 Å². The topological polar surface area (TPSA) is 67.4 Å². The van der Waals surface area contributed by atoms with E-state index >= 15 is 0 Å². The van der Waals surface area contributed by atoms with Gasteiger partial charge in [-0.25, -0.2) is 0 Å². The summed E-state index contributed by atoms with van der Waals surface area (Å²) in [5.41, 5.74) is 0.667. The Morgan fingerprint density at radius 2 is 1.94 bits per heavy atom. The van der Waals surface area contributed by atoms with Crippen LogP contribution in [0.1, 0.15) is 0 Å². The van der Waals surface area contributed by atoms with Gasteiger partial charge in [0.25, 0.3) is 5.24 Å². The number of benzene rings is 1. The average Bonchev–Trinajstić information content (AvgIpc) is 2.36. The second kappa shape index (κ2) is 6.80. The summed E-state index contributed by atoms with van der Waals surface area (Å²) < 4.78 is 5.00. The van der Waals surface area contributed by atoms with Gasteiger partial charge in [-0.15, -0.1) is 0 Å². The lowest BCUT2D eigenvalue weighted by molar-refractivity contribution is -0.118. The number of anilines is 1. The Morgan fingerprint density at radius 3 is 2.47 bits per heavy atom. The van der Waals surface area contributed by atoms with Gasteiger partial charge in [-0.2, -0.15) is 0 Å². The third-order valence-electron chi connectivity index (χ3n) is 1.95. The van der Waals surface area contributed by atoms with Crippen LogP contribution in [-0.2, 0) is 4.79 Å². The molecule has 0 heterocycles. The molecule has 1 rings (SSSR count). The van der Waals surface area contributed by atoms with Crippen LogP contribution in [-0.4, -0.2) is 31.1 Å². The molecule has 0 spiro atoms. The maximum atomic E-state index is 11.4. The van der Waals surface area contributed by atoms with E-state index in [9.17, 15) is 9.59 Å². The molecule has 0 aromatic heterocycles. The minimum absolute atomic E-state index is 0.110. The van der Waals surface area contributed by atoms with Crippen molar-refractivity contribution in [2.24, 2.45) is 0 Å². The molecule has 0 saturated heterocycles. The Morgan fingerprint density at radius 1 is 1.29 bits per heavy atom. The lowest BCUT2D eigenvalue weighted by atomic mass is 10.3. The van der Waals surface area contributed by atoms with E-state index in [1.807, 2.05) is 0 Å². The quantitative estimate of drug-likeness (QED) is 0.858. The van der Waals surface area contributed by atoms with E-state index in [0.29, 0.717) is 5.69 Å². The maximum Gasteiger partial charge on any atom is 0.283 e. The first-order valence-corrected chi connectivity index (χ1v) is 5.92. The van der Waals surface area contributed by atoms with E-state index in [4.69, 9.17) is 4.74 Å².